The lowest BCUT2D eigenvalue weighted by atomic mass is 10.1. The van der Waals surface area contributed by atoms with Gasteiger partial charge in [-0.25, -0.2) is 0 Å². The number of fused-ring (bicyclic) bond motifs is 1. The lowest BCUT2D eigenvalue weighted by Crippen LogP contribution is -2.06. The molecule has 0 saturated carbocycles. The zero-order chi connectivity index (χ0) is 16.2. The van der Waals surface area contributed by atoms with Gasteiger partial charge in [0.15, 0.2) is 0 Å². The second-order valence-corrected chi connectivity index (χ2v) is 5.51. The smallest absolute Gasteiger partial charge is 0.137 e. The molecule has 0 amide bonds. The highest BCUT2D eigenvalue weighted by molar-refractivity contribution is 5.93. The molecule has 5 heteroatoms. The maximum atomic E-state index is 9.31. The minimum atomic E-state index is 0.570. The molecule has 0 atom stereocenters. The van der Waals surface area contributed by atoms with Crippen molar-refractivity contribution in [3.63, 3.8) is 0 Å². The molecule has 1 N–H and O–H groups in total. The molecular weight excluding hydrogens is 288 g/mol. The molecule has 0 spiro atoms. The molecule has 3 aromatic rings. The Kier molecular flexibility index (Phi) is 4.24. The number of hydrogen-bond donors (Lipinski definition) is 1. The second kappa shape index (κ2) is 6.49. The molecule has 0 unspecified atom stereocenters. The molecule has 0 fully saturated rings. The van der Waals surface area contributed by atoms with E-state index in [4.69, 9.17) is 4.52 Å². The third kappa shape index (κ3) is 3.02. The Balaban J connectivity index is 1.73. The highest BCUT2D eigenvalue weighted by atomic mass is 16.5. The summed E-state index contributed by atoms with van der Waals surface area (Å²) in [5.41, 5.74) is 4.44. The van der Waals surface area contributed by atoms with Gasteiger partial charge in [0, 0.05) is 23.7 Å². The molecule has 0 aliphatic heterocycles. The molecule has 23 heavy (non-hydrogen) atoms. The SMILES string of the molecule is Cc1noc(C)c1CCCNc1c(C#N)cnc2ccccc12. The van der Waals surface area contributed by atoms with Crippen LogP contribution in [0.3, 0.4) is 0 Å². The predicted octanol–water partition coefficient (Wildman–Crippen LogP) is 3.76. The van der Waals surface area contributed by atoms with Gasteiger partial charge in [-0.05, 0) is 32.8 Å². The van der Waals surface area contributed by atoms with E-state index in [0.29, 0.717) is 5.56 Å². The van der Waals surface area contributed by atoms with E-state index in [0.717, 1.165) is 47.4 Å². The first-order valence-electron chi connectivity index (χ1n) is 7.64. The first-order chi connectivity index (χ1) is 11.2. The predicted molar refractivity (Wildman–Crippen MR) is 89.2 cm³/mol. The van der Waals surface area contributed by atoms with Crippen LogP contribution in [0.4, 0.5) is 5.69 Å². The summed E-state index contributed by atoms with van der Waals surface area (Å²) in [5, 5.41) is 17.7. The van der Waals surface area contributed by atoms with Gasteiger partial charge in [-0.1, -0.05) is 23.4 Å². The summed E-state index contributed by atoms with van der Waals surface area (Å²) in [4.78, 5) is 4.32. The summed E-state index contributed by atoms with van der Waals surface area (Å²) < 4.78 is 5.18. The maximum Gasteiger partial charge on any atom is 0.137 e. The molecule has 1 aromatic carbocycles. The number of rotatable bonds is 5. The molecule has 0 bridgehead atoms. The van der Waals surface area contributed by atoms with Crippen LogP contribution < -0.4 is 5.32 Å². The number of nitrogens with zero attached hydrogens (tertiary/aromatic N) is 3. The first kappa shape index (κ1) is 15.0. The molecule has 0 radical (unpaired) electrons. The van der Waals surface area contributed by atoms with Crippen molar-refractivity contribution in [2.45, 2.75) is 26.7 Å². The summed E-state index contributed by atoms with van der Waals surface area (Å²) in [6.45, 7) is 4.67. The number of benzene rings is 1. The van der Waals surface area contributed by atoms with Gasteiger partial charge in [0.2, 0.25) is 0 Å². The van der Waals surface area contributed by atoms with Gasteiger partial charge in [0.1, 0.15) is 11.8 Å². The third-order valence-electron chi connectivity index (χ3n) is 3.98. The first-order valence-corrected chi connectivity index (χ1v) is 7.64. The Morgan fingerprint density at radius 2 is 2.09 bits per heavy atom. The van der Waals surface area contributed by atoms with Crippen LogP contribution in [0.25, 0.3) is 10.9 Å². The van der Waals surface area contributed by atoms with Crippen LogP contribution in [0, 0.1) is 25.2 Å². The minimum Gasteiger partial charge on any atom is -0.383 e. The van der Waals surface area contributed by atoms with Gasteiger partial charge in [-0.15, -0.1) is 0 Å². The fraction of sp³-hybridized carbons (Fsp3) is 0.278. The average molecular weight is 306 g/mol. The maximum absolute atomic E-state index is 9.31. The number of hydrogen-bond acceptors (Lipinski definition) is 5. The van der Waals surface area contributed by atoms with Crippen molar-refractivity contribution < 1.29 is 4.52 Å². The van der Waals surface area contributed by atoms with Crippen molar-refractivity contribution in [1.82, 2.24) is 10.1 Å². The van der Waals surface area contributed by atoms with E-state index in [1.165, 1.54) is 5.56 Å². The molecule has 116 valence electrons. The Bertz CT molecular complexity index is 857. The van der Waals surface area contributed by atoms with Gasteiger partial charge >= 0.3 is 0 Å². The Morgan fingerprint density at radius 1 is 1.26 bits per heavy atom. The number of nitrogens with one attached hydrogen (secondary N) is 1. The van der Waals surface area contributed by atoms with Crippen LogP contribution in [-0.2, 0) is 6.42 Å². The highest BCUT2D eigenvalue weighted by Gasteiger charge is 2.10. The molecule has 2 aromatic heterocycles. The molecule has 3 rings (SSSR count). The van der Waals surface area contributed by atoms with Gasteiger partial charge in [-0.3, -0.25) is 4.98 Å². The normalized spacial score (nSPS) is 10.7. The summed E-state index contributed by atoms with van der Waals surface area (Å²) in [5.74, 6) is 0.884. The summed E-state index contributed by atoms with van der Waals surface area (Å²) >= 11 is 0. The number of anilines is 1. The monoisotopic (exact) mass is 306 g/mol. The highest BCUT2D eigenvalue weighted by Crippen LogP contribution is 2.25. The number of aryl methyl sites for hydroxylation is 2. The second-order valence-electron chi connectivity index (χ2n) is 5.51. The van der Waals surface area contributed by atoms with Crippen LogP contribution in [0.15, 0.2) is 35.0 Å². The van der Waals surface area contributed by atoms with E-state index < -0.39 is 0 Å². The van der Waals surface area contributed by atoms with Crippen molar-refractivity contribution in [2.75, 3.05) is 11.9 Å². The zero-order valence-electron chi connectivity index (χ0n) is 13.3. The van der Waals surface area contributed by atoms with E-state index in [9.17, 15) is 5.26 Å². The Hall–Kier alpha value is -2.87. The lowest BCUT2D eigenvalue weighted by molar-refractivity contribution is 0.392. The summed E-state index contributed by atoms with van der Waals surface area (Å²) in [6, 6.07) is 10.1. The summed E-state index contributed by atoms with van der Waals surface area (Å²) in [6.07, 6.45) is 3.46. The van der Waals surface area contributed by atoms with Gasteiger partial charge < -0.3 is 9.84 Å². The fourth-order valence-corrected chi connectivity index (χ4v) is 2.75. The van der Waals surface area contributed by atoms with Gasteiger partial charge in [-0.2, -0.15) is 5.26 Å². The zero-order valence-corrected chi connectivity index (χ0v) is 13.3. The van der Waals surface area contributed by atoms with Crippen molar-refractivity contribution in [3.8, 4) is 6.07 Å². The third-order valence-corrected chi connectivity index (χ3v) is 3.98. The lowest BCUT2D eigenvalue weighted by Gasteiger charge is -2.11. The number of nitriles is 1. The number of aromatic nitrogens is 2. The molecule has 0 aliphatic rings. The standard InChI is InChI=1S/C18H18N4O/c1-12-15(13(2)23-22-12)7-5-9-20-18-14(10-19)11-21-17-8-4-3-6-16(17)18/h3-4,6,8,11H,5,7,9H2,1-2H3,(H,20,21). The fourth-order valence-electron chi connectivity index (χ4n) is 2.75. The summed E-state index contributed by atoms with van der Waals surface area (Å²) in [7, 11) is 0. The van der Waals surface area contributed by atoms with Crippen LogP contribution in [0.5, 0.6) is 0 Å². The van der Waals surface area contributed by atoms with Crippen molar-refractivity contribution in [1.29, 1.82) is 5.26 Å². The Labute approximate surface area is 134 Å². The van der Waals surface area contributed by atoms with Crippen molar-refractivity contribution in [3.05, 3.63) is 53.0 Å². The van der Waals surface area contributed by atoms with E-state index in [-0.39, 0.29) is 0 Å². The van der Waals surface area contributed by atoms with Gasteiger partial charge in [0.25, 0.3) is 0 Å². The van der Waals surface area contributed by atoms with Crippen LogP contribution in [0.2, 0.25) is 0 Å². The van der Waals surface area contributed by atoms with E-state index in [2.05, 4.69) is 21.5 Å². The quantitative estimate of drug-likeness (QED) is 0.726. The van der Waals surface area contributed by atoms with Crippen molar-refractivity contribution >= 4 is 16.6 Å². The van der Waals surface area contributed by atoms with Crippen LogP contribution in [-0.4, -0.2) is 16.7 Å². The molecule has 5 nitrogen and oxygen atoms in total. The number of para-hydroxylation sites is 1. The molecule has 0 aliphatic carbocycles. The number of pyridine rings is 1. The van der Waals surface area contributed by atoms with Crippen LogP contribution >= 0.6 is 0 Å². The largest absolute Gasteiger partial charge is 0.383 e. The van der Waals surface area contributed by atoms with E-state index >= 15 is 0 Å². The molecule has 0 saturated heterocycles. The average Bonchev–Trinajstić information content (AvgIpc) is 2.90. The van der Waals surface area contributed by atoms with E-state index in [1.807, 2.05) is 38.1 Å². The molecular formula is C18H18N4O. The van der Waals surface area contributed by atoms with Crippen molar-refractivity contribution in [2.24, 2.45) is 0 Å². The van der Waals surface area contributed by atoms with Gasteiger partial charge in [0.05, 0.1) is 22.5 Å². The van der Waals surface area contributed by atoms with Crippen LogP contribution in [0.1, 0.15) is 29.0 Å². The molecule has 2 heterocycles. The Morgan fingerprint density at radius 3 is 2.83 bits per heavy atom. The minimum absolute atomic E-state index is 0.570. The topological polar surface area (TPSA) is 74.7 Å². The van der Waals surface area contributed by atoms with E-state index in [1.54, 1.807) is 6.20 Å².